The number of nitrogens with one attached hydrogen (secondary N) is 1. The number of ether oxygens (including phenoxy) is 1. The Morgan fingerprint density at radius 2 is 1.93 bits per heavy atom. The summed E-state index contributed by atoms with van der Waals surface area (Å²) in [6.45, 7) is 5.49. The molecule has 7 nitrogen and oxygen atoms in total. The lowest BCUT2D eigenvalue weighted by atomic mass is 9.98. The molecule has 27 heavy (non-hydrogen) atoms. The highest BCUT2D eigenvalue weighted by atomic mass is 35.5. The first-order valence-electron chi connectivity index (χ1n) is 9.08. The molecular weight excluding hydrogens is 390 g/mol. The number of rotatable bonds is 4. The van der Waals surface area contributed by atoms with Crippen molar-refractivity contribution < 1.29 is 17.9 Å². The van der Waals surface area contributed by atoms with Crippen LogP contribution in [0.3, 0.4) is 0 Å². The van der Waals surface area contributed by atoms with Gasteiger partial charge >= 0.3 is 0 Å². The Morgan fingerprint density at radius 3 is 2.59 bits per heavy atom. The number of sulfonamides is 1. The van der Waals surface area contributed by atoms with E-state index < -0.39 is 10.0 Å². The molecule has 2 aliphatic heterocycles. The number of carbonyl (C=O) groups is 1. The monoisotopic (exact) mass is 417 g/mol. The average molecular weight is 418 g/mol. The molecule has 1 unspecified atom stereocenters. The Balaban J connectivity index is 0.00000261. The smallest absolute Gasteiger partial charge is 0.246 e. The number of benzene rings is 1. The highest BCUT2D eigenvalue weighted by molar-refractivity contribution is 7.89. The molecule has 0 bridgehead atoms. The van der Waals surface area contributed by atoms with Crippen molar-refractivity contribution in [1.29, 1.82) is 0 Å². The van der Waals surface area contributed by atoms with E-state index in [0.717, 1.165) is 25.1 Å². The molecule has 0 radical (unpaired) electrons. The number of carbonyl (C=O) groups excluding carboxylic acids is 1. The fourth-order valence-electron chi connectivity index (χ4n) is 3.63. The van der Waals surface area contributed by atoms with E-state index in [1.54, 1.807) is 12.1 Å². The SMILES string of the molecule is COc1ccc(C)cc1S(=O)(=O)N1CCCC(C(=O)N2CCNCC2)C1.Cl. The minimum Gasteiger partial charge on any atom is -0.495 e. The van der Waals surface area contributed by atoms with Gasteiger partial charge in [-0.3, -0.25) is 4.79 Å². The largest absolute Gasteiger partial charge is 0.495 e. The van der Waals surface area contributed by atoms with Crippen molar-refractivity contribution in [2.24, 2.45) is 5.92 Å². The maximum absolute atomic E-state index is 13.2. The molecule has 2 saturated heterocycles. The third-order valence-corrected chi connectivity index (χ3v) is 6.99. The Kier molecular flexibility index (Phi) is 7.50. The standard InChI is InChI=1S/C18H27N3O4S.ClH/c1-14-5-6-16(25-2)17(12-14)26(23,24)21-9-3-4-15(13-21)18(22)20-10-7-19-8-11-20;/h5-6,12,15,19H,3-4,7-11,13H2,1-2H3;1H. The quantitative estimate of drug-likeness (QED) is 0.797. The van der Waals surface area contributed by atoms with Crippen LogP contribution >= 0.6 is 12.4 Å². The first kappa shape index (κ1) is 21.9. The van der Waals surface area contributed by atoms with Crippen LogP contribution in [0.5, 0.6) is 5.75 Å². The van der Waals surface area contributed by atoms with Gasteiger partial charge in [-0.15, -0.1) is 12.4 Å². The van der Waals surface area contributed by atoms with Gasteiger partial charge in [0.2, 0.25) is 15.9 Å². The van der Waals surface area contributed by atoms with E-state index in [0.29, 0.717) is 31.8 Å². The van der Waals surface area contributed by atoms with E-state index in [1.807, 2.05) is 17.9 Å². The molecule has 1 aromatic rings. The molecule has 1 amide bonds. The topological polar surface area (TPSA) is 79.0 Å². The number of piperazine rings is 1. The fourth-order valence-corrected chi connectivity index (χ4v) is 5.39. The molecule has 2 aliphatic rings. The van der Waals surface area contributed by atoms with Gasteiger partial charge in [-0.25, -0.2) is 8.42 Å². The van der Waals surface area contributed by atoms with Crippen molar-refractivity contribution in [1.82, 2.24) is 14.5 Å². The van der Waals surface area contributed by atoms with Crippen LogP contribution in [0.1, 0.15) is 18.4 Å². The minimum atomic E-state index is -3.70. The van der Waals surface area contributed by atoms with Crippen LogP contribution < -0.4 is 10.1 Å². The zero-order valence-corrected chi connectivity index (χ0v) is 17.4. The van der Waals surface area contributed by atoms with Crippen LogP contribution in [0.15, 0.2) is 23.1 Å². The van der Waals surface area contributed by atoms with Crippen LogP contribution in [-0.4, -0.2) is 69.9 Å². The third kappa shape index (κ3) is 4.74. The van der Waals surface area contributed by atoms with Crippen LogP contribution in [0.25, 0.3) is 0 Å². The van der Waals surface area contributed by atoms with Gasteiger partial charge in [0, 0.05) is 39.3 Å². The second-order valence-electron chi connectivity index (χ2n) is 6.93. The second kappa shape index (κ2) is 9.23. The molecule has 9 heteroatoms. The summed E-state index contributed by atoms with van der Waals surface area (Å²) in [5.74, 6) is 0.140. The van der Waals surface area contributed by atoms with E-state index in [1.165, 1.54) is 11.4 Å². The lowest BCUT2D eigenvalue weighted by molar-refractivity contribution is -0.137. The number of halogens is 1. The molecule has 2 heterocycles. The molecule has 3 rings (SSSR count). The molecule has 0 spiro atoms. The van der Waals surface area contributed by atoms with E-state index in [2.05, 4.69) is 5.32 Å². The van der Waals surface area contributed by atoms with Crippen molar-refractivity contribution in [3.05, 3.63) is 23.8 Å². The number of aryl methyl sites for hydroxylation is 1. The summed E-state index contributed by atoms with van der Waals surface area (Å²) in [6.07, 6.45) is 1.43. The van der Waals surface area contributed by atoms with Gasteiger partial charge in [0.15, 0.2) is 0 Å². The Bertz CT molecular complexity index is 766. The summed E-state index contributed by atoms with van der Waals surface area (Å²) in [5, 5.41) is 3.23. The molecule has 1 N–H and O–H groups in total. The van der Waals surface area contributed by atoms with Crippen LogP contribution in [0, 0.1) is 12.8 Å². The van der Waals surface area contributed by atoms with Crippen molar-refractivity contribution >= 4 is 28.3 Å². The number of amides is 1. The normalized spacial score (nSPS) is 21.4. The number of nitrogens with zero attached hydrogens (tertiary/aromatic N) is 2. The number of methoxy groups -OCH3 is 1. The lowest BCUT2D eigenvalue weighted by Gasteiger charge is -2.36. The molecule has 2 fully saturated rings. The summed E-state index contributed by atoms with van der Waals surface area (Å²) in [4.78, 5) is 14.8. The molecule has 1 atom stereocenters. The first-order chi connectivity index (χ1) is 12.4. The predicted molar refractivity (Wildman–Crippen MR) is 106 cm³/mol. The van der Waals surface area contributed by atoms with Crippen molar-refractivity contribution in [3.8, 4) is 5.75 Å². The van der Waals surface area contributed by atoms with Gasteiger partial charge in [0.05, 0.1) is 13.0 Å². The number of hydrogen-bond donors (Lipinski definition) is 1. The summed E-state index contributed by atoms with van der Waals surface area (Å²) in [6, 6.07) is 5.14. The van der Waals surface area contributed by atoms with Crippen LogP contribution in [0.2, 0.25) is 0 Å². The summed E-state index contributed by atoms with van der Waals surface area (Å²) in [5.41, 5.74) is 0.856. The van der Waals surface area contributed by atoms with E-state index in [9.17, 15) is 13.2 Å². The summed E-state index contributed by atoms with van der Waals surface area (Å²) < 4.78 is 33.1. The molecule has 0 aromatic heterocycles. The van der Waals surface area contributed by atoms with E-state index in [-0.39, 0.29) is 35.7 Å². The van der Waals surface area contributed by atoms with Gasteiger partial charge < -0.3 is 15.0 Å². The maximum Gasteiger partial charge on any atom is 0.246 e. The Hall–Kier alpha value is -1.35. The third-order valence-electron chi connectivity index (χ3n) is 5.10. The zero-order chi connectivity index (χ0) is 18.7. The van der Waals surface area contributed by atoms with E-state index in [4.69, 9.17) is 4.74 Å². The molecule has 152 valence electrons. The van der Waals surface area contributed by atoms with Gasteiger partial charge in [0.1, 0.15) is 10.6 Å². The highest BCUT2D eigenvalue weighted by Crippen LogP contribution is 2.31. The second-order valence-corrected chi connectivity index (χ2v) is 8.84. The summed E-state index contributed by atoms with van der Waals surface area (Å²) >= 11 is 0. The highest BCUT2D eigenvalue weighted by Gasteiger charge is 2.36. The Morgan fingerprint density at radius 1 is 1.22 bits per heavy atom. The lowest BCUT2D eigenvalue weighted by Crippen LogP contribution is -2.51. The molecular formula is C18H28ClN3O4S. The van der Waals surface area contributed by atoms with Crippen molar-refractivity contribution in [2.45, 2.75) is 24.7 Å². The van der Waals surface area contributed by atoms with Gasteiger partial charge in [-0.05, 0) is 37.5 Å². The minimum absolute atomic E-state index is 0. The van der Waals surface area contributed by atoms with Crippen LogP contribution in [-0.2, 0) is 14.8 Å². The predicted octanol–water partition coefficient (Wildman–Crippen LogP) is 1.26. The molecule has 0 aliphatic carbocycles. The summed E-state index contributed by atoms with van der Waals surface area (Å²) in [7, 11) is -2.23. The first-order valence-corrected chi connectivity index (χ1v) is 10.5. The average Bonchev–Trinajstić information content (AvgIpc) is 2.68. The van der Waals surface area contributed by atoms with Gasteiger partial charge in [-0.1, -0.05) is 6.07 Å². The fraction of sp³-hybridized carbons (Fsp3) is 0.611. The molecule has 1 aromatic carbocycles. The Labute approximate surface area is 167 Å². The van der Waals surface area contributed by atoms with Crippen molar-refractivity contribution in [3.63, 3.8) is 0 Å². The van der Waals surface area contributed by atoms with Crippen LogP contribution in [0.4, 0.5) is 0 Å². The van der Waals surface area contributed by atoms with E-state index >= 15 is 0 Å². The number of piperidine rings is 1. The van der Waals surface area contributed by atoms with Gasteiger partial charge in [-0.2, -0.15) is 4.31 Å². The zero-order valence-electron chi connectivity index (χ0n) is 15.8. The van der Waals surface area contributed by atoms with Crippen molar-refractivity contribution in [2.75, 3.05) is 46.4 Å². The maximum atomic E-state index is 13.2. The van der Waals surface area contributed by atoms with Gasteiger partial charge in [0.25, 0.3) is 0 Å². The number of hydrogen-bond acceptors (Lipinski definition) is 5. The molecule has 0 saturated carbocycles.